The van der Waals surface area contributed by atoms with E-state index >= 15 is 0 Å². The molecule has 26 heavy (non-hydrogen) atoms. The number of halogens is 1. The number of hydrogen-bond acceptors (Lipinski definition) is 4. The zero-order valence-corrected chi connectivity index (χ0v) is 14.7. The highest BCUT2D eigenvalue weighted by molar-refractivity contribution is 6.00. The summed E-state index contributed by atoms with van der Waals surface area (Å²) in [6.45, 7) is 1.94. The highest BCUT2D eigenvalue weighted by Gasteiger charge is 2.53. The molecule has 2 fully saturated rings. The van der Waals surface area contributed by atoms with Crippen molar-refractivity contribution in [3.63, 3.8) is 0 Å². The fourth-order valence-electron chi connectivity index (χ4n) is 3.81. The summed E-state index contributed by atoms with van der Waals surface area (Å²) in [5, 5.41) is 11.3. The van der Waals surface area contributed by atoms with Gasteiger partial charge in [0.25, 0.3) is 0 Å². The minimum atomic E-state index is -0.738. The molecule has 0 aromatic carbocycles. The van der Waals surface area contributed by atoms with Crippen LogP contribution in [0.3, 0.4) is 0 Å². The van der Waals surface area contributed by atoms with Crippen LogP contribution in [0.2, 0.25) is 0 Å². The topological polar surface area (TPSA) is 82.0 Å². The molecule has 4 rings (SSSR count). The smallest absolute Gasteiger partial charge is 0.235 e. The van der Waals surface area contributed by atoms with Gasteiger partial charge in [-0.2, -0.15) is 4.39 Å². The SMILES string of the molecule is CN1C(=N)N[C@](C)(c2ccnc(-c3cccnc3F)c2)[C@@H](C2CC2)C1=O. The van der Waals surface area contributed by atoms with Gasteiger partial charge in [-0.25, -0.2) is 4.98 Å². The van der Waals surface area contributed by atoms with Crippen LogP contribution in [0.1, 0.15) is 25.3 Å². The summed E-state index contributed by atoms with van der Waals surface area (Å²) in [5.41, 5.74) is 0.853. The lowest BCUT2D eigenvalue weighted by Gasteiger charge is -2.46. The molecule has 2 aromatic heterocycles. The Bertz CT molecular complexity index is 897. The lowest BCUT2D eigenvalue weighted by Crippen LogP contribution is -2.64. The van der Waals surface area contributed by atoms with E-state index in [2.05, 4.69) is 15.3 Å². The fraction of sp³-hybridized carbons (Fsp3) is 0.368. The molecule has 134 valence electrons. The molecule has 1 aliphatic carbocycles. The van der Waals surface area contributed by atoms with Crippen LogP contribution >= 0.6 is 0 Å². The number of amides is 1. The molecular weight excluding hydrogens is 333 g/mol. The molecular formula is C19H20FN5O. The summed E-state index contributed by atoms with van der Waals surface area (Å²) >= 11 is 0. The van der Waals surface area contributed by atoms with Gasteiger partial charge in [-0.1, -0.05) is 0 Å². The maximum atomic E-state index is 14.1. The summed E-state index contributed by atoms with van der Waals surface area (Å²) in [6, 6.07) is 6.90. The number of guanidine groups is 1. The van der Waals surface area contributed by atoms with Crippen LogP contribution in [0.25, 0.3) is 11.3 Å². The van der Waals surface area contributed by atoms with Crippen LogP contribution < -0.4 is 5.32 Å². The average molecular weight is 353 g/mol. The van der Waals surface area contributed by atoms with Crippen LogP contribution in [0.15, 0.2) is 36.7 Å². The number of nitrogens with zero attached hydrogens (tertiary/aromatic N) is 3. The minimum Gasteiger partial charge on any atom is -0.346 e. The molecule has 1 amide bonds. The first-order chi connectivity index (χ1) is 12.4. The maximum absolute atomic E-state index is 14.1. The van der Waals surface area contributed by atoms with Crippen molar-refractivity contribution in [2.75, 3.05) is 7.05 Å². The first-order valence-electron chi connectivity index (χ1n) is 8.63. The summed E-state index contributed by atoms with van der Waals surface area (Å²) < 4.78 is 14.1. The number of hydrogen-bond donors (Lipinski definition) is 2. The van der Waals surface area contributed by atoms with E-state index in [1.54, 1.807) is 31.4 Å². The molecule has 6 nitrogen and oxygen atoms in total. The molecule has 0 bridgehead atoms. The monoisotopic (exact) mass is 353 g/mol. The summed E-state index contributed by atoms with van der Waals surface area (Å²) in [7, 11) is 1.62. The van der Waals surface area contributed by atoms with Gasteiger partial charge in [0.15, 0.2) is 5.96 Å². The quantitative estimate of drug-likeness (QED) is 0.831. The van der Waals surface area contributed by atoms with Gasteiger partial charge < -0.3 is 5.32 Å². The predicted octanol–water partition coefficient (Wildman–Crippen LogP) is 2.52. The zero-order valence-electron chi connectivity index (χ0n) is 14.7. The highest BCUT2D eigenvalue weighted by atomic mass is 19.1. The largest absolute Gasteiger partial charge is 0.346 e. The number of pyridine rings is 2. The maximum Gasteiger partial charge on any atom is 0.235 e. The number of carbonyl (C=O) groups is 1. The molecule has 1 saturated heterocycles. The Labute approximate surface area is 151 Å². The Morgan fingerprint density at radius 1 is 1.31 bits per heavy atom. The second-order valence-corrected chi connectivity index (χ2v) is 7.16. The number of nitrogens with one attached hydrogen (secondary N) is 2. The molecule has 0 spiro atoms. The van der Waals surface area contributed by atoms with Crippen LogP contribution in [0, 0.1) is 23.2 Å². The van der Waals surface area contributed by atoms with Crippen molar-refractivity contribution in [1.82, 2.24) is 20.2 Å². The van der Waals surface area contributed by atoms with E-state index in [4.69, 9.17) is 5.41 Å². The molecule has 2 N–H and O–H groups in total. The summed E-state index contributed by atoms with van der Waals surface area (Å²) in [4.78, 5) is 22.2. The lowest BCUT2D eigenvalue weighted by molar-refractivity contribution is -0.136. The van der Waals surface area contributed by atoms with Gasteiger partial charge >= 0.3 is 0 Å². The third-order valence-electron chi connectivity index (χ3n) is 5.42. The summed E-state index contributed by atoms with van der Waals surface area (Å²) in [6.07, 6.45) is 5.01. The third-order valence-corrected chi connectivity index (χ3v) is 5.42. The van der Waals surface area contributed by atoms with Gasteiger partial charge in [0.05, 0.1) is 22.7 Å². The standard InChI is InChI=1S/C19H20FN5O/c1-19(15(11-5-6-11)17(26)25(2)18(21)24-19)12-7-9-22-14(10-12)13-4-3-8-23-16(13)20/h3-4,7-11,15H,5-6H2,1-2H3,(H2,21,24)/t15-,19+/m0/s1. The lowest BCUT2D eigenvalue weighted by atomic mass is 9.74. The minimum absolute atomic E-state index is 0.0512. The third kappa shape index (κ3) is 2.55. The highest BCUT2D eigenvalue weighted by Crippen LogP contribution is 2.48. The van der Waals surface area contributed by atoms with Crippen LogP contribution in [0.5, 0.6) is 0 Å². The van der Waals surface area contributed by atoms with Crippen molar-refractivity contribution in [3.8, 4) is 11.3 Å². The molecule has 7 heteroatoms. The molecule has 3 heterocycles. The molecule has 0 radical (unpaired) electrons. The van der Waals surface area contributed by atoms with Gasteiger partial charge in [-0.05, 0) is 55.5 Å². The van der Waals surface area contributed by atoms with Crippen molar-refractivity contribution in [2.45, 2.75) is 25.3 Å². The number of rotatable bonds is 3. The van der Waals surface area contributed by atoms with Crippen molar-refractivity contribution in [2.24, 2.45) is 11.8 Å². The Balaban J connectivity index is 1.80. The number of aromatic nitrogens is 2. The van der Waals surface area contributed by atoms with Crippen LogP contribution in [-0.4, -0.2) is 33.8 Å². The van der Waals surface area contributed by atoms with E-state index < -0.39 is 11.5 Å². The van der Waals surface area contributed by atoms with Crippen molar-refractivity contribution in [3.05, 3.63) is 48.2 Å². The van der Waals surface area contributed by atoms with Crippen LogP contribution in [0.4, 0.5) is 4.39 Å². The van der Waals surface area contributed by atoms with Crippen molar-refractivity contribution >= 4 is 11.9 Å². The van der Waals surface area contributed by atoms with E-state index in [9.17, 15) is 9.18 Å². The molecule has 2 atom stereocenters. The zero-order chi connectivity index (χ0) is 18.5. The van der Waals surface area contributed by atoms with Crippen molar-refractivity contribution in [1.29, 1.82) is 5.41 Å². The summed E-state index contributed by atoms with van der Waals surface area (Å²) in [5.74, 6) is -0.538. The van der Waals surface area contributed by atoms with Crippen LogP contribution in [-0.2, 0) is 10.3 Å². The Morgan fingerprint density at radius 2 is 2.08 bits per heavy atom. The van der Waals surface area contributed by atoms with E-state index in [1.165, 1.54) is 11.1 Å². The first kappa shape index (κ1) is 16.6. The molecule has 2 aromatic rings. The second-order valence-electron chi connectivity index (χ2n) is 7.16. The van der Waals surface area contributed by atoms with Gasteiger partial charge in [0, 0.05) is 19.4 Å². The molecule has 1 aliphatic heterocycles. The second kappa shape index (κ2) is 5.86. The van der Waals surface area contributed by atoms with Crippen molar-refractivity contribution < 1.29 is 9.18 Å². The van der Waals surface area contributed by atoms with E-state index in [-0.39, 0.29) is 17.8 Å². The van der Waals surface area contributed by atoms with Gasteiger partial charge in [0.1, 0.15) is 0 Å². The molecule has 0 unspecified atom stereocenters. The molecule has 2 aliphatic rings. The Hall–Kier alpha value is -2.83. The first-order valence-corrected chi connectivity index (χ1v) is 8.63. The molecule has 1 saturated carbocycles. The number of carbonyl (C=O) groups excluding carboxylic acids is 1. The Morgan fingerprint density at radius 3 is 2.77 bits per heavy atom. The van der Waals surface area contributed by atoms with E-state index in [0.29, 0.717) is 17.2 Å². The average Bonchev–Trinajstić information content (AvgIpc) is 3.45. The van der Waals surface area contributed by atoms with Gasteiger partial charge in [-0.15, -0.1) is 0 Å². The van der Waals surface area contributed by atoms with Gasteiger partial charge in [-0.3, -0.25) is 20.1 Å². The predicted molar refractivity (Wildman–Crippen MR) is 94.6 cm³/mol. The fourth-order valence-corrected chi connectivity index (χ4v) is 3.81. The van der Waals surface area contributed by atoms with Gasteiger partial charge in [0.2, 0.25) is 11.9 Å². The Kier molecular flexibility index (Phi) is 3.75. The normalized spacial score (nSPS) is 26.0. The van der Waals surface area contributed by atoms with E-state index in [1.807, 2.05) is 13.0 Å². The van der Waals surface area contributed by atoms with E-state index in [0.717, 1.165) is 18.4 Å².